The zero-order chi connectivity index (χ0) is 46.2. The molecule has 3 nitrogen and oxygen atoms in total. The fourth-order valence-corrected chi connectivity index (χ4v) is 7.19. The van der Waals surface area contributed by atoms with Gasteiger partial charge < -0.3 is 13.7 Å². The van der Waals surface area contributed by atoms with Gasteiger partial charge in [0.1, 0.15) is 22.3 Å². The lowest BCUT2D eigenvalue weighted by atomic mass is 9.98. The Morgan fingerprint density at radius 2 is 1.19 bits per heavy atom. The molecule has 0 unspecified atom stereocenters. The molecule has 0 atom stereocenters. The second-order valence-electron chi connectivity index (χ2n) is 12.7. The standard InChI is InChI=1S/C50H31NO2/c1-3-12-39-33(9-1)11-7-15-40(39)35-21-27-38(28-22-35)51(45-16-8-18-48-49(45)43-29-23-34-10-2-4-13-41(34)50(43)53-48)37-25-19-32(20-26-37)36-24-30-47-44(31-36)42-14-5-6-17-46(42)52-47/h1-31H/i1D,3D,7D,9D,11D,15D,19D,20D,21D,25D,26D,27D,28D. The molecule has 2 heterocycles. The number of hydrogen-bond donors (Lipinski definition) is 0. The van der Waals surface area contributed by atoms with Crippen molar-refractivity contribution in [3.05, 3.63) is 188 Å². The minimum atomic E-state index is -0.616. The molecule has 0 fully saturated rings. The minimum absolute atomic E-state index is 0.00490. The third-order valence-electron chi connectivity index (χ3n) is 9.66. The fourth-order valence-electron chi connectivity index (χ4n) is 7.19. The van der Waals surface area contributed by atoms with Gasteiger partial charge in [0.05, 0.1) is 28.9 Å². The van der Waals surface area contributed by atoms with Crippen LogP contribution in [0.5, 0.6) is 0 Å². The third-order valence-corrected chi connectivity index (χ3v) is 9.66. The van der Waals surface area contributed by atoms with Gasteiger partial charge in [-0.15, -0.1) is 0 Å². The molecule has 0 radical (unpaired) electrons. The van der Waals surface area contributed by atoms with Gasteiger partial charge in [0.15, 0.2) is 0 Å². The maximum Gasteiger partial charge on any atom is 0.143 e. The molecule has 11 rings (SSSR count). The quantitative estimate of drug-likeness (QED) is 0.180. The molecule has 3 heteroatoms. The van der Waals surface area contributed by atoms with Gasteiger partial charge in [0.2, 0.25) is 0 Å². The molecule has 0 aliphatic rings. The Hall–Kier alpha value is -7.10. The highest BCUT2D eigenvalue weighted by Gasteiger charge is 2.21. The second kappa shape index (κ2) is 11.7. The fraction of sp³-hybridized carbons (Fsp3) is 0. The summed E-state index contributed by atoms with van der Waals surface area (Å²) in [5.41, 5.74) is 1.76. The summed E-state index contributed by atoms with van der Waals surface area (Å²) in [4.78, 5) is 1.29. The van der Waals surface area contributed by atoms with E-state index in [0.717, 1.165) is 16.2 Å². The normalized spacial score (nSPS) is 15.2. The number of benzene rings is 9. The average Bonchev–Trinajstić information content (AvgIpc) is 3.89. The predicted octanol–water partition coefficient (Wildman–Crippen LogP) is 14.6. The summed E-state index contributed by atoms with van der Waals surface area (Å²) in [5, 5.41) is 4.08. The lowest BCUT2D eigenvalue weighted by molar-refractivity contribution is 0.669. The van der Waals surface area contributed by atoms with Crippen LogP contribution in [0.25, 0.3) is 87.7 Å². The molecule has 0 aliphatic heterocycles. The number of anilines is 3. The van der Waals surface area contributed by atoms with Crippen molar-refractivity contribution in [3.63, 3.8) is 0 Å². The van der Waals surface area contributed by atoms with Gasteiger partial charge in [-0.05, 0) is 99.0 Å². The molecular formula is C50H31NO2. The van der Waals surface area contributed by atoms with E-state index in [9.17, 15) is 9.60 Å². The Kier molecular flexibility index (Phi) is 4.31. The van der Waals surface area contributed by atoms with Crippen LogP contribution in [0.15, 0.2) is 197 Å². The van der Waals surface area contributed by atoms with Crippen LogP contribution in [0, 0.1) is 0 Å². The number of nitrogens with zero attached hydrogens (tertiary/aromatic N) is 1. The first-order valence-electron chi connectivity index (χ1n) is 23.4. The van der Waals surface area contributed by atoms with Crippen LogP contribution in [-0.4, -0.2) is 0 Å². The zero-order valence-electron chi connectivity index (χ0n) is 40.7. The van der Waals surface area contributed by atoms with E-state index in [4.69, 9.17) is 17.1 Å². The van der Waals surface area contributed by atoms with Gasteiger partial charge in [0.25, 0.3) is 0 Å². The first-order valence-corrected chi connectivity index (χ1v) is 16.9. The largest absolute Gasteiger partial charge is 0.456 e. The molecule has 53 heavy (non-hydrogen) atoms. The maximum atomic E-state index is 9.70. The first-order chi connectivity index (χ1) is 31.7. The molecule has 248 valence electrons. The predicted molar refractivity (Wildman–Crippen MR) is 222 cm³/mol. The van der Waals surface area contributed by atoms with E-state index in [-0.39, 0.29) is 44.5 Å². The number of para-hydroxylation sites is 1. The Labute approximate surface area is 323 Å². The summed E-state index contributed by atoms with van der Waals surface area (Å²) < 4.78 is 131. The second-order valence-corrected chi connectivity index (χ2v) is 12.7. The lowest BCUT2D eigenvalue weighted by Crippen LogP contribution is -2.10. The molecule has 0 saturated heterocycles. The van der Waals surface area contributed by atoms with Gasteiger partial charge in [-0.25, -0.2) is 0 Å². The monoisotopic (exact) mass is 690 g/mol. The van der Waals surface area contributed by atoms with Crippen molar-refractivity contribution >= 4 is 82.5 Å². The van der Waals surface area contributed by atoms with Crippen LogP contribution in [0.3, 0.4) is 0 Å². The zero-order valence-corrected chi connectivity index (χ0v) is 27.7. The summed E-state index contributed by atoms with van der Waals surface area (Å²) in [6.45, 7) is 0. The highest BCUT2D eigenvalue weighted by molar-refractivity contribution is 6.19. The molecule has 11 aromatic rings. The number of furan rings is 2. The Morgan fingerprint density at radius 1 is 0.415 bits per heavy atom. The highest BCUT2D eigenvalue weighted by atomic mass is 16.3. The minimum Gasteiger partial charge on any atom is -0.456 e. The summed E-state index contributed by atoms with van der Waals surface area (Å²) in [5.74, 6) is 0. The molecule has 9 aromatic carbocycles. The van der Waals surface area contributed by atoms with Crippen LogP contribution in [0.2, 0.25) is 0 Å². The van der Waals surface area contributed by atoms with E-state index in [0.29, 0.717) is 44.1 Å². The summed E-state index contributed by atoms with van der Waals surface area (Å²) in [6, 6.07) is 24.9. The van der Waals surface area contributed by atoms with Gasteiger partial charge in [0, 0.05) is 32.9 Å². The summed E-state index contributed by atoms with van der Waals surface area (Å²) in [6.07, 6.45) is 0. The van der Waals surface area contributed by atoms with Crippen LogP contribution in [0.1, 0.15) is 17.8 Å². The van der Waals surface area contributed by atoms with Crippen molar-refractivity contribution in [2.24, 2.45) is 0 Å². The Bertz CT molecular complexity index is 3920. The van der Waals surface area contributed by atoms with Crippen LogP contribution < -0.4 is 4.90 Å². The van der Waals surface area contributed by atoms with Crippen LogP contribution in [-0.2, 0) is 0 Å². The summed E-state index contributed by atoms with van der Waals surface area (Å²) in [7, 11) is 0. The van der Waals surface area contributed by atoms with Gasteiger partial charge in [-0.2, -0.15) is 0 Å². The molecule has 0 aliphatic carbocycles. The third kappa shape index (κ3) is 4.75. The van der Waals surface area contributed by atoms with Crippen molar-refractivity contribution in [2.45, 2.75) is 0 Å². The molecule has 0 bridgehead atoms. The van der Waals surface area contributed by atoms with Gasteiger partial charge >= 0.3 is 0 Å². The van der Waals surface area contributed by atoms with E-state index in [1.165, 1.54) is 17.0 Å². The maximum absolute atomic E-state index is 9.70. The van der Waals surface area contributed by atoms with Crippen molar-refractivity contribution < 1.29 is 26.7 Å². The molecule has 0 spiro atoms. The summed E-state index contributed by atoms with van der Waals surface area (Å²) >= 11 is 0. The number of fused-ring (bicyclic) bond motifs is 9. The van der Waals surface area contributed by atoms with Crippen molar-refractivity contribution in [1.29, 1.82) is 0 Å². The number of hydrogen-bond acceptors (Lipinski definition) is 3. The smallest absolute Gasteiger partial charge is 0.143 e. The SMILES string of the molecule is [2H]c1cc2c(-c3cc([2H])c(N(c4c([2H])c([2H])c(-c5ccc6oc7ccccc7c6c5)c([2H])c4[2H])c4cccc5oc6c7ccccc7ccc6c45)c([2H])c3[2H])c([2H])c([2H])c([2H])c2c([2H])c1[2H]. The van der Waals surface area contributed by atoms with Crippen molar-refractivity contribution in [1.82, 2.24) is 0 Å². The molecule has 0 amide bonds. The first kappa shape index (κ1) is 19.5. The van der Waals surface area contributed by atoms with Gasteiger partial charge in [-0.1, -0.05) is 127 Å². The molecule has 0 saturated carbocycles. The lowest BCUT2D eigenvalue weighted by Gasteiger charge is -2.26. The van der Waals surface area contributed by atoms with E-state index < -0.39 is 78.6 Å². The van der Waals surface area contributed by atoms with Crippen molar-refractivity contribution in [3.8, 4) is 22.3 Å². The van der Waals surface area contributed by atoms with Crippen LogP contribution in [0.4, 0.5) is 17.1 Å². The van der Waals surface area contributed by atoms with Crippen LogP contribution >= 0.6 is 0 Å². The Balaban J connectivity index is 1.21. The van der Waals surface area contributed by atoms with E-state index >= 15 is 0 Å². The molecule has 0 N–H and O–H groups in total. The van der Waals surface area contributed by atoms with E-state index in [1.807, 2.05) is 60.7 Å². The highest BCUT2D eigenvalue weighted by Crippen LogP contribution is 2.45. The molecule has 2 aromatic heterocycles. The van der Waals surface area contributed by atoms with Gasteiger partial charge in [-0.3, -0.25) is 0 Å². The van der Waals surface area contributed by atoms with E-state index in [1.54, 1.807) is 36.4 Å². The molecular weight excluding hydrogens is 647 g/mol. The Morgan fingerprint density at radius 3 is 2.11 bits per heavy atom. The van der Waals surface area contributed by atoms with Crippen molar-refractivity contribution in [2.75, 3.05) is 4.90 Å². The van der Waals surface area contributed by atoms with E-state index in [2.05, 4.69) is 0 Å². The topological polar surface area (TPSA) is 29.5 Å². The number of rotatable bonds is 5. The average molecular weight is 691 g/mol.